The third-order valence-electron chi connectivity index (χ3n) is 10.0. The highest BCUT2D eigenvalue weighted by atomic mass is 16.4. The van der Waals surface area contributed by atoms with Gasteiger partial charge in [-0.3, -0.25) is 14.5 Å². The van der Waals surface area contributed by atoms with Crippen molar-refractivity contribution in [1.82, 2.24) is 15.6 Å². The van der Waals surface area contributed by atoms with Gasteiger partial charge in [-0.2, -0.15) is 0 Å². The van der Waals surface area contributed by atoms with Crippen LogP contribution in [0, 0.1) is 0 Å². The van der Waals surface area contributed by atoms with Crippen LogP contribution in [0.5, 0.6) is 5.75 Å². The number of phenols is 1. The quantitative estimate of drug-likeness (QED) is 0.0718. The van der Waals surface area contributed by atoms with Gasteiger partial charge < -0.3 is 36.7 Å². The summed E-state index contributed by atoms with van der Waals surface area (Å²) < 4.78 is 0. The van der Waals surface area contributed by atoms with Crippen LogP contribution in [0.2, 0.25) is 0 Å². The van der Waals surface area contributed by atoms with Gasteiger partial charge in [0.05, 0.1) is 17.3 Å². The zero-order valence-electron chi connectivity index (χ0n) is 29.6. The number of aryl methyl sites for hydroxylation is 1. The fourth-order valence-corrected chi connectivity index (χ4v) is 7.14. The number of nitrogens with two attached hydrogens (primary N) is 1. The molecule has 53 heavy (non-hydrogen) atoms. The number of aliphatic hydroxyl groups excluding tert-OH is 1. The first-order valence-corrected chi connectivity index (χ1v) is 18.2. The second-order valence-electron chi connectivity index (χ2n) is 13.8. The Morgan fingerprint density at radius 3 is 2.28 bits per heavy atom. The van der Waals surface area contributed by atoms with Crippen LogP contribution in [0.1, 0.15) is 66.9 Å². The molecule has 1 saturated carbocycles. The molecule has 0 radical (unpaired) electrons. The molecule has 0 saturated heterocycles. The van der Waals surface area contributed by atoms with Gasteiger partial charge in [0.25, 0.3) is 0 Å². The number of nitrogens with zero attached hydrogens (tertiary/aromatic N) is 1. The van der Waals surface area contributed by atoms with E-state index >= 15 is 0 Å². The number of aromatic hydroxyl groups is 1. The second kappa shape index (κ2) is 17.4. The van der Waals surface area contributed by atoms with E-state index in [1.807, 2.05) is 72.8 Å². The maximum Gasteiger partial charge on any atom is 0.412 e. The van der Waals surface area contributed by atoms with E-state index in [2.05, 4.69) is 15.6 Å². The first-order valence-electron chi connectivity index (χ1n) is 18.2. The Labute approximate surface area is 308 Å². The van der Waals surface area contributed by atoms with Crippen LogP contribution in [-0.4, -0.2) is 50.9 Å². The summed E-state index contributed by atoms with van der Waals surface area (Å²) in [5.74, 6) is -0.105. The van der Waals surface area contributed by atoms with Crippen molar-refractivity contribution >= 4 is 28.6 Å². The van der Waals surface area contributed by atoms with Gasteiger partial charge in [-0.05, 0) is 84.5 Å². The number of hydrogen-bond donors (Lipinski definition) is 7. The Bertz CT molecular complexity index is 2080. The first-order chi connectivity index (χ1) is 25.7. The van der Waals surface area contributed by atoms with Crippen molar-refractivity contribution in [2.75, 3.05) is 11.4 Å². The van der Waals surface area contributed by atoms with Crippen LogP contribution in [0.15, 0.2) is 102 Å². The third-order valence-corrected chi connectivity index (χ3v) is 10.0. The molecule has 6 rings (SSSR count). The number of carbonyl (C=O) groups excluding carboxylic acids is 1. The lowest BCUT2D eigenvalue weighted by Crippen LogP contribution is -2.44. The average Bonchev–Trinajstić information content (AvgIpc) is 3.16. The van der Waals surface area contributed by atoms with Crippen molar-refractivity contribution in [2.45, 2.75) is 76.2 Å². The van der Waals surface area contributed by atoms with Gasteiger partial charge in [0, 0.05) is 55.2 Å². The number of fused-ring (bicyclic) bond motifs is 1. The van der Waals surface area contributed by atoms with Gasteiger partial charge in [0.15, 0.2) is 0 Å². The lowest BCUT2D eigenvalue weighted by Gasteiger charge is -2.35. The minimum Gasteiger partial charge on any atom is -0.506 e. The van der Waals surface area contributed by atoms with Crippen molar-refractivity contribution < 1.29 is 24.9 Å². The third kappa shape index (κ3) is 9.50. The average molecular weight is 718 g/mol. The van der Waals surface area contributed by atoms with E-state index in [0.717, 1.165) is 53.5 Å². The van der Waals surface area contributed by atoms with Crippen LogP contribution in [-0.2, 0) is 24.3 Å². The summed E-state index contributed by atoms with van der Waals surface area (Å²) in [7, 11) is 0. The highest BCUT2D eigenvalue weighted by Gasteiger charge is 2.30. The number of carboxylic acid groups (broad SMARTS) is 1. The molecule has 1 fully saturated rings. The number of H-pyrrole nitrogens is 1. The monoisotopic (exact) mass is 717 g/mol. The van der Waals surface area contributed by atoms with Crippen LogP contribution in [0.4, 0.5) is 10.5 Å². The number of aromatic nitrogens is 1. The molecule has 8 N–H and O–H groups in total. The number of phenolic OH excluding ortho intramolecular Hbond substituents is 1. The minimum absolute atomic E-state index is 0.0520. The van der Waals surface area contributed by atoms with Gasteiger partial charge in [-0.25, -0.2) is 4.79 Å². The first kappa shape index (κ1) is 37.3. The minimum atomic E-state index is -0.970. The molecule has 5 aromatic rings. The smallest absolute Gasteiger partial charge is 0.412 e. The fraction of sp³-hybridized carbons (Fsp3) is 0.310. The predicted molar refractivity (Wildman–Crippen MR) is 207 cm³/mol. The highest BCUT2D eigenvalue weighted by molar-refractivity contribution is 5.94. The number of anilines is 1. The summed E-state index contributed by atoms with van der Waals surface area (Å²) >= 11 is 0. The summed E-state index contributed by atoms with van der Waals surface area (Å²) in [6.45, 7) is 1.18. The van der Waals surface area contributed by atoms with Gasteiger partial charge in [-0.15, -0.1) is 0 Å². The summed E-state index contributed by atoms with van der Waals surface area (Å²) in [5, 5.41) is 38.1. The van der Waals surface area contributed by atoms with Gasteiger partial charge in [0.1, 0.15) is 5.75 Å². The predicted octanol–water partition coefficient (Wildman–Crippen LogP) is 6.12. The zero-order chi connectivity index (χ0) is 37.3. The number of aliphatic hydroxyl groups is 1. The Hall–Kier alpha value is -5.49. The van der Waals surface area contributed by atoms with E-state index in [9.17, 15) is 29.7 Å². The lowest BCUT2D eigenvalue weighted by atomic mass is 9.89. The zero-order valence-corrected chi connectivity index (χ0v) is 29.6. The normalized spacial score (nSPS) is 16.3. The van der Waals surface area contributed by atoms with Crippen LogP contribution >= 0.6 is 0 Å². The topological polar surface area (TPSA) is 181 Å². The number of nitrogens with one attached hydrogen (secondary N) is 3. The lowest BCUT2D eigenvalue weighted by molar-refractivity contribution is -0.121. The Morgan fingerprint density at radius 1 is 0.868 bits per heavy atom. The molecule has 276 valence electrons. The molecule has 0 spiro atoms. The van der Waals surface area contributed by atoms with E-state index in [1.54, 1.807) is 12.1 Å². The molecule has 0 bridgehead atoms. The summed E-state index contributed by atoms with van der Waals surface area (Å²) in [6.07, 6.45) is 2.81. The number of hydrogen-bond acceptors (Lipinski definition) is 7. The number of benzene rings is 4. The number of aromatic amines is 1. The Balaban J connectivity index is 0.988. The SMILES string of the molecule is NC1CCC(N(C(=O)O)c2cc(CCCC(=O)NCc3ccc(CNCC(O)c4ccc(O)c5[nH]c(=O)ccc45)cc3)ccc2-c2ccccc2)CC1. The van der Waals surface area contributed by atoms with Crippen molar-refractivity contribution in [3.05, 3.63) is 130 Å². The molecule has 11 heteroatoms. The van der Waals surface area contributed by atoms with Crippen molar-refractivity contribution in [3.63, 3.8) is 0 Å². The molecule has 1 aromatic heterocycles. The van der Waals surface area contributed by atoms with E-state index in [0.29, 0.717) is 54.5 Å². The molecule has 1 heterocycles. The molecule has 1 aliphatic rings. The van der Waals surface area contributed by atoms with Crippen LogP contribution < -0.4 is 26.8 Å². The maximum absolute atomic E-state index is 12.8. The molecule has 1 aliphatic carbocycles. The molecule has 2 amide bonds. The number of amides is 2. The van der Waals surface area contributed by atoms with Gasteiger partial charge in [-0.1, -0.05) is 72.8 Å². The molecule has 0 aliphatic heterocycles. The molecule has 4 aromatic carbocycles. The van der Waals surface area contributed by atoms with Crippen LogP contribution in [0.25, 0.3) is 22.0 Å². The Kier molecular flexibility index (Phi) is 12.2. The highest BCUT2D eigenvalue weighted by Crippen LogP contribution is 2.36. The maximum atomic E-state index is 12.8. The number of rotatable bonds is 14. The number of carbonyl (C=O) groups is 2. The molecular weight excluding hydrogens is 670 g/mol. The van der Waals surface area contributed by atoms with E-state index < -0.39 is 12.2 Å². The summed E-state index contributed by atoms with van der Waals surface area (Å²) in [6, 6.07) is 29.7. The summed E-state index contributed by atoms with van der Waals surface area (Å²) in [4.78, 5) is 41.3. The van der Waals surface area contributed by atoms with Crippen molar-refractivity contribution in [3.8, 4) is 16.9 Å². The largest absolute Gasteiger partial charge is 0.506 e. The van der Waals surface area contributed by atoms with Crippen molar-refractivity contribution in [2.24, 2.45) is 5.73 Å². The van der Waals surface area contributed by atoms with E-state index in [-0.39, 0.29) is 35.8 Å². The molecular formula is C42H47N5O6. The summed E-state index contributed by atoms with van der Waals surface area (Å²) in [5.41, 5.74) is 12.2. The standard InChI is InChI=1S/C42H47N5O6/c43-31-14-16-32(17-15-31)47(42(52)53)36-23-27(13-18-33(36)30-6-2-1-3-7-30)5-4-8-39(50)45-25-29-11-9-28(10-12-29)24-44-26-38(49)34-19-21-37(48)41-35(34)20-22-40(51)46-41/h1-3,6-7,9-13,18-23,31-32,38,44,48-49H,4-5,8,14-17,24-26,43H2,(H,45,50)(H,46,51)(H,52,53). The van der Waals surface area contributed by atoms with E-state index in [4.69, 9.17) is 5.73 Å². The van der Waals surface area contributed by atoms with Crippen molar-refractivity contribution in [1.29, 1.82) is 0 Å². The molecule has 1 unspecified atom stereocenters. The fourth-order valence-electron chi connectivity index (χ4n) is 7.14. The van der Waals surface area contributed by atoms with Gasteiger partial charge >= 0.3 is 6.09 Å². The number of pyridine rings is 1. The van der Waals surface area contributed by atoms with E-state index in [1.165, 1.54) is 17.0 Å². The second-order valence-corrected chi connectivity index (χ2v) is 13.8. The molecule has 11 nitrogen and oxygen atoms in total. The van der Waals surface area contributed by atoms with Crippen LogP contribution in [0.3, 0.4) is 0 Å². The Morgan fingerprint density at radius 2 is 1.57 bits per heavy atom. The molecule has 1 atom stereocenters. The van der Waals surface area contributed by atoms with Gasteiger partial charge in [0.2, 0.25) is 11.5 Å².